The highest BCUT2D eigenvalue weighted by Gasteiger charge is 2.09. The topological polar surface area (TPSA) is 34.4 Å². The second-order valence-electron chi connectivity index (χ2n) is 6.20. The highest BCUT2D eigenvalue weighted by atomic mass is 16.5. The Morgan fingerprint density at radius 1 is 1.19 bits per heavy atom. The maximum Gasteiger partial charge on any atom is 0.176 e. The van der Waals surface area contributed by atoms with Gasteiger partial charge < -0.3 is 14.5 Å². The molecule has 1 unspecified atom stereocenters. The second kappa shape index (κ2) is 7.51. The first-order valence-corrected chi connectivity index (χ1v) is 7.89. The number of rotatable bonds is 8. The van der Waals surface area contributed by atoms with E-state index in [-0.39, 0.29) is 0 Å². The monoisotopic (exact) mass is 289 g/mol. The minimum Gasteiger partial charge on any atom is -0.493 e. The molecule has 3 heteroatoms. The number of methoxy groups -OCH3 is 1. The van der Waals surface area contributed by atoms with Gasteiger partial charge in [0.2, 0.25) is 0 Å². The zero-order valence-corrected chi connectivity index (χ0v) is 13.6. The number of nitrogens with one attached hydrogen (secondary N) is 1. The minimum atomic E-state index is 0.513. The standard InChI is InChI=1S/C18H27NO2/c1-13(2)7-5-8-14(3)19-12-16-11-15-9-6-10-17(20-4)18(15)21-16/h6,9-11,13-14,19H,5,7-8,12H2,1-4H3. The van der Waals surface area contributed by atoms with E-state index in [4.69, 9.17) is 9.15 Å². The molecule has 0 aliphatic heterocycles. The van der Waals surface area contributed by atoms with Gasteiger partial charge in [-0.3, -0.25) is 0 Å². The number of benzene rings is 1. The van der Waals surface area contributed by atoms with Crippen LogP contribution in [0.1, 0.15) is 45.8 Å². The summed E-state index contributed by atoms with van der Waals surface area (Å²) in [7, 11) is 1.67. The molecule has 2 rings (SSSR count). The molecule has 0 saturated carbocycles. The highest BCUT2D eigenvalue weighted by Crippen LogP contribution is 2.28. The molecule has 0 aliphatic rings. The van der Waals surface area contributed by atoms with Gasteiger partial charge >= 0.3 is 0 Å². The maximum absolute atomic E-state index is 5.90. The molecule has 21 heavy (non-hydrogen) atoms. The molecule has 1 aromatic carbocycles. The molecule has 116 valence electrons. The first-order valence-electron chi connectivity index (χ1n) is 7.89. The van der Waals surface area contributed by atoms with Gasteiger partial charge in [-0.2, -0.15) is 0 Å². The van der Waals surface area contributed by atoms with E-state index in [9.17, 15) is 0 Å². The van der Waals surface area contributed by atoms with E-state index in [2.05, 4.69) is 38.2 Å². The summed E-state index contributed by atoms with van der Waals surface area (Å²) in [5.41, 5.74) is 0.837. The molecule has 0 saturated heterocycles. The van der Waals surface area contributed by atoms with E-state index in [1.165, 1.54) is 19.3 Å². The summed E-state index contributed by atoms with van der Waals surface area (Å²) in [4.78, 5) is 0. The number of furan rings is 1. The van der Waals surface area contributed by atoms with Crippen LogP contribution in [0.15, 0.2) is 28.7 Å². The largest absolute Gasteiger partial charge is 0.493 e. The van der Waals surface area contributed by atoms with Crippen LogP contribution in [0.5, 0.6) is 5.75 Å². The fraction of sp³-hybridized carbons (Fsp3) is 0.556. The number of para-hydroxylation sites is 1. The van der Waals surface area contributed by atoms with Crippen molar-refractivity contribution in [1.29, 1.82) is 0 Å². The van der Waals surface area contributed by atoms with E-state index in [0.29, 0.717) is 6.04 Å². The molecule has 0 aliphatic carbocycles. The number of ether oxygens (including phenoxy) is 1. The van der Waals surface area contributed by atoms with Crippen LogP contribution >= 0.6 is 0 Å². The summed E-state index contributed by atoms with van der Waals surface area (Å²) in [5.74, 6) is 2.55. The van der Waals surface area contributed by atoms with Crippen molar-refractivity contribution in [3.05, 3.63) is 30.0 Å². The van der Waals surface area contributed by atoms with Crippen molar-refractivity contribution in [3.63, 3.8) is 0 Å². The molecule has 1 atom stereocenters. The lowest BCUT2D eigenvalue weighted by atomic mass is 10.0. The fourth-order valence-electron chi connectivity index (χ4n) is 2.55. The van der Waals surface area contributed by atoms with E-state index in [0.717, 1.165) is 34.9 Å². The fourth-order valence-corrected chi connectivity index (χ4v) is 2.55. The molecule has 0 amide bonds. The normalized spacial score (nSPS) is 13.0. The molecule has 1 N–H and O–H groups in total. The van der Waals surface area contributed by atoms with Crippen molar-refractivity contribution < 1.29 is 9.15 Å². The summed E-state index contributed by atoms with van der Waals surface area (Å²) in [5, 5.41) is 4.63. The third-order valence-corrected chi connectivity index (χ3v) is 3.82. The van der Waals surface area contributed by atoms with E-state index in [1.54, 1.807) is 7.11 Å². The zero-order valence-electron chi connectivity index (χ0n) is 13.6. The van der Waals surface area contributed by atoms with Gasteiger partial charge in [-0.25, -0.2) is 0 Å². The van der Waals surface area contributed by atoms with Crippen LogP contribution in [0.2, 0.25) is 0 Å². The van der Waals surface area contributed by atoms with Crippen LogP contribution in [0.3, 0.4) is 0 Å². The molecular formula is C18H27NO2. The second-order valence-corrected chi connectivity index (χ2v) is 6.20. The van der Waals surface area contributed by atoms with Crippen LogP contribution in [-0.2, 0) is 6.54 Å². The Kier molecular flexibility index (Phi) is 5.68. The molecule has 3 nitrogen and oxygen atoms in total. The Morgan fingerprint density at radius 2 is 2.00 bits per heavy atom. The maximum atomic E-state index is 5.90. The van der Waals surface area contributed by atoms with Gasteiger partial charge in [-0.15, -0.1) is 0 Å². The van der Waals surface area contributed by atoms with Crippen molar-refractivity contribution in [1.82, 2.24) is 5.32 Å². The Bertz CT molecular complexity index is 559. The van der Waals surface area contributed by atoms with Crippen LogP contribution < -0.4 is 10.1 Å². The number of fused-ring (bicyclic) bond motifs is 1. The first kappa shape index (κ1) is 15.9. The number of hydrogen-bond acceptors (Lipinski definition) is 3. The third kappa shape index (κ3) is 4.50. The van der Waals surface area contributed by atoms with Crippen molar-refractivity contribution >= 4 is 11.0 Å². The zero-order chi connectivity index (χ0) is 15.2. The summed E-state index contributed by atoms with van der Waals surface area (Å²) < 4.78 is 11.2. The Balaban J connectivity index is 1.88. The predicted octanol–water partition coefficient (Wildman–Crippen LogP) is 4.75. The van der Waals surface area contributed by atoms with Gasteiger partial charge in [0.25, 0.3) is 0 Å². The Morgan fingerprint density at radius 3 is 2.71 bits per heavy atom. The van der Waals surface area contributed by atoms with E-state index in [1.807, 2.05) is 12.1 Å². The molecule has 2 aromatic rings. The van der Waals surface area contributed by atoms with Gasteiger partial charge in [0, 0.05) is 11.4 Å². The van der Waals surface area contributed by atoms with Gasteiger partial charge in [0.15, 0.2) is 11.3 Å². The summed E-state index contributed by atoms with van der Waals surface area (Å²) in [6.07, 6.45) is 3.79. The van der Waals surface area contributed by atoms with Crippen LogP contribution in [0, 0.1) is 5.92 Å². The number of hydrogen-bond donors (Lipinski definition) is 1. The summed E-state index contributed by atoms with van der Waals surface area (Å²) >= 11 is 0. The first-order chi connectivity index (χ1) is 10.1. The van der Waals surface area contributed by atoms with Crippen molar-refractivity contribution in [2.75, 3.05) is 7.11 Å². The molecular weight excluding hydrogens is 262 g/mol. The van der Waals surface area contributed by atoms with Gasteiger partial charge in [-0.1, -0.05) is 38.8 Å². The van der Waals surface area contributed by atoms with Crippen molar-refractivity contribution in [2.24, 2.45) is 5.92 Å². The Hall–Kier alpha value is -1.48. The lowest BCUT2D eigenvalue weighted by Crippen LogP contribution is -2.25. The van der Waals surface area contributed by atoms with Crippen LogP contribution in [0.4, 0.5) is 0 Å². The van der Waals surface area contributed by atoms with Gasteiger partial charge in [-0.05, 0) is 31.4 Å². The highest BCUT2D eigenvalue weighted by molar-refractivity contribution is 5.83. The quantitative estimate of drug-likeness (QED) is 0.761. The molecule has 1 heterocycles. The van der Waals surface area contributed by atoms with E-state index < -0.39 is 0 Å². The van der Waals surface area contributed by atoms with E-state index >= 15 is 0 Å². The average molecular weight is 289 g/mol. The van der Waals surface area contributed by atoms with Crippen LogP contribution in [0.25, 0.3) is 11.0 Å². The molecule has 0 spiro atoms. The van der Waals surface area contributed by atoms with Crippen molar-refractivity contribution in [2.45, 2.75) is 52.6 Å². The lowest BCUT2D eigenvalue weighted by Gasteiger charge is -2.13. The minimum absolute atomic E-state index is 0.513. The van der Waals surface area contributed by atoms with Gasteiger partial charge in [0.1, 0.15) is 5.76 Å². The molecule has 0 radical (unpaired) electrons. The molecule has 0 bridgehead atoms. The van der Waals surface area contributed by atoms with Crippen molar-refractivity contribution in [3.8, 4) is 5.75 Å². The average Bonchev–Trinajstić information content (AvgIpc) is 2.87. The summed E-state index contributed by atoms with van der Waals surface area (Å²) in [6, 6.07) is 8.57. The Labute approximate surface area is 127 Å². The molecule has 0 fully saturated rings. The lowest BCUT2D eigenvalue weighted by molar-refractivity contribution is 0.401. The predicted molar refractivity (Wildman–Crippen MR) is 87.8 cm³/mol. The summed E-state index contributed by atoms with van der Waals surface area (Å²) in [6.45, 7) is 7.56. The smallest absolute Gasteiger partial charge is 0.176 e. The van der Waals surface area contributed by atoms with Crippen LogP contribution in [-0.4, -0.2) is 13.2 Å². The SMILES string of the molecule is COc1cccc2cc(CNC(C)CCCC(C)C)oc12. The van der Waals surface area contributed by atoms with Gasteiger partial charge in [0.05, 0.1) is 13.7 Å². The third-order valence-electron chi connectivity index (χ3n) is 3.82. The molecule has 1 aromatic heterocycles.